The third-order valence-corrected chi connectivity index (χ3v) is 8.37. The van der Waals surface area contributed by atoms with Crippen molar-refractivity contribution in [2.45, 2.75) is 83.8 Å². The SMILES string of the molecule is COc1ccc(C2CN(C(=O)C(OC(C)=O)C3CCCCC3)CC2(C)C(C)O)cc1OCC1CC1. The monoisotopic (exact) mass is 487 g/mol. The lowest BCUT2D eigenvalue weighted by atomic mass is 9.72. The molecule has 3 fully saturated rings. The highest BCUT2D eigenvalue weighted by atomic mass is 16.5. The first-order valence-corrected chi connectivity index (χ1v) is 13.2. The smallest absolute Gasteiger partial charge is 0.303 e. The quantitative estimate of drug-likeness (QED) is 0.523. The van der Waals surface area contributed by atoms with E-state index in [1.165, 1.54) is 19.8 Å². The number of benzene rings is 1. The van der Waals surface area contributed by atoms with Crippen molar-refractivity contribution >= 4 is 11.9 Å². The Labute approximate surface area is 209 Å². The van der Waals surface area contributed by atoms with Gasteiger partial charge in [-0.2, -0.15) is 0 Å². The van der Waals surface area contributed by atoms with Gasteiger partial charge in [-0.1, -0.05) is 32.3 Å². The Hall–Kier alpha value is -2.28. The molecule has 194 valence electrons. The number of carbonyl (C=O) groups excluding carboxylic acids is 2. The maximum Gasteiger partial charge on any atom is 0.303 e. The van der Waals surface area contributed by atoms with Crippen LogP contribution in [-0.2, 0) is 14.3 Å². The maximum absolute atomic E-state index is 13.7. The van der Waals surface area contributed by atoms with Crippen molar-refractivity contribution in [1.29, 1.82) is 0 Å². The number of aliphatic hydroxyl groups is 1. The minimum Gasteiger partial charge on any atom is -0.493 e. The Morgan fingerprint density at radius 1 is 1.14 bits per heavy atom. The predicted octanol–water partition coefficient (Wildman–Crippen LogP) is 4.31. The number of aliphatic hydroxyl groups excluding tert-OH is 1. The number of methoxy groups -OCH3 is 1. The normalized spacial score (nSPS) is 26.8. The Morgan fingerprint density at radius 2 is 1.86 bits per heavy atom. The van der Waals surface area contributed by atoms with Gasteiger partial charge in [-0.05, 0) is 56.2 Å². The molecule has 7 nitrogen and oxygen atoms in total. The summed E-state index contributed by atoms with van der Waals surface area (Å²) in [5, 5.41) is 10.9. The summed E-state index contributed by atoms with van der Waals surface area (Å²) in [6.45, 7) is 6.73. The molecule has 4 unspecified atom stereocenters. The Morgan fingerprint density at radius 3 is 2.46 bits per heavy atom. The zero-order valence-electron chi connectivity index (χ0n) is 21.6. The molecule has 1 saturated heterocycles. The molecular formula is C28H41NO6. The number of hydrogen-bond donors (Lipinski definition) is 1. The molecule has 4 atom stereocenters. The summed E-state index contributed by atoms with van der Waals surface area (Å²) in [6, 6.07) is 5.92. The molecule has 1 heterocycles. The molecule has 7 heteroatoms. The van der Waals surface area contributed by atoms with Gasteiger partial charge >= 0.3 is 5.97 Å². The zero-order chi connectivity index (χ0) is 25.2. The lowest BCUT2D eigenvalue weighted by Crippen LogP contribution is -2.46. The fraction of sp³-hybridized carbons (Fsp3) is 0.714. The van der Waals surface area contributed by atoms with Crippen LogP contribution >= 0.6 is 0 Å². The van der Waals surface area contributed by atoms with Gasteiger partial charge < -0.3 is 24.2 Å². The highest BCUT2D eigenvalue weighted by molar-refractivity contribution is 5.84. The number of carbonyl (C=O) groups is 2. The molecule has 3 aliphatic rings. The van der Waals surface area contributed by atoms with Gasteiger partial charge in [0.15, 0.2) is 17.6 Å². The largest absolute Gasteiger partial charge is 0.493 e. The highest BCUT2D eigenvalue weighted by Gasteiger charge is 2.50. The minimum atomic E-state index is -0.752. The van der Waals surface area contributed by atoms with Crippen molar-refractivity contribution in [1.82, 2.24) is 4.90 Å². The van der Waals surface area contributed by atoms with Crippen LogP contribution in [0.15, 0.2) is 18.2 Å². The van der Waals surface area contributed by atoms with Crippen LogP contribution in [0.4, 0.5) is 0 Å². The van der Waals surface area contributed by atoms with Crippen molar-refractivity contribution < 1.29 is 28.9 Å². The summed E-state index contributed by atoms with van der Waals surface area (Å²) < 4.78 is 17.2. The summed E-state index contributed by atoms with van der Waals surface area (Å²) >= 11 is 0. The molecule has 0 bridgehead atoms. The summed E-state index contributed by atoms with van der Waals surface area (Å²) in [6.07, 6.45) is 6.08. The van der Waals surface area contributed by atoms with E-state index in [-0.39, 0.29) is 17.7 Å². The summed E-state index contributed by atoms with van der Waals surface area (Å²) in [5.74, 6) is 1.41. The zero-order valence-corrected chi connectivity index (χ0v) is 21.6. The second-order valence-corrected chi connectivity index (χ2v) is 11.0. The number of likely N-dealkylation sites (tertiary alicyclic amines) is 1. The number of ether oxygens (including phenoxy) is 3. The van der Waals surface area contributed by atoms with Crippen LogP contribution in [0, 0.1) is 17.3 Å². The Balaban J connectivity index is 1.59. The van der Waals surface area contributed by atoms with E-state index in [0.717, 1.165) is 37.7 Å². The molecule has 0 radical (unpaired) electrons. The summed E-state index contributed by atoms with van der Waals surface area (Å²) in [7, 11) is 1.63. The highest BCUT2D eigenvalue weighted by Crippen LogP contribution is 2.47. The molecule has 1 aromatic rings. The number of rotatable bonds is 9. The molecule has 2 saturated carbocycles. The van der Waals surface area contributed by atoms with Gasteiger partial charge in [0.25, 0.3) is 5.91 Å². The molecule has 1 amide bonds. The number of nitrogens with zero attached hydrogens (tertiary/aromatic N) is 1. The minimum absolute atomic E-state index is 0.0559. The van der Waals surface area contributed by atoms with Crippen LogP contribution in [0.2, 0.25) is 0 Å². The van der Waals surface area contributed by atoms with Crippen molar-refractivity contribution in [3.63, 3.8) is 0 Å². The van der Waals surface area contributed by atoms with E-state index >= 15 is 0 Å². The van der Waals surface area contributed by atoms with Crippen LogP contribution in [0.25, 0.3) is 0 Å². The van der Waals surface area contributed by atoms with Crippen LogP contribution in [0.3, 0.4) is 0 Å². The average Bonchev–Trinajstić information content (AvgIpc) is 3.61. The molecule has 0 aromatic heterocycles. The maximum atomic E-state index is 13.7. The fourth-order valence-corrected chi connectivity index (χ4v) is 5.75. The Kier molecular flexibility index (Phi) is 7.94. The first-order valence-electron chi connectivity index (χ1n) is 13.2. The van der Waals surface area contributed by atoms with Gasteiger partial charge in [-0.25, -0.2) is 0 Å². The fourth-order valence-electron chi connectivity index (χ4n) is 5.75. The molecule has 2 aliphatic carbocycles. The molecular weight excluding hydrogens is 446 g/mol. The van der Waals surface area contributed by atoms with Crippen LogP contribution < -0.4 is 9.47 Å². The third kappa shape index (κ3) is 5.76. The van der Waals surface area contributed by atoms with E-state index in [1.54, 1.807) is 18.9 Å². The topological polar surface area (TPSA) is 85.3 Å². The van der Waals surface area contributed by atoms with Crippen LogP contribution in [0.1, 0.15) is 77.2 Å². The predicted molar refractivity (Wildman–Crippen MR) is 132 cm³/mol. The summed E-state index contributed by atoms with van der Waals surface area (Å²) in [5.41, 5.74) is 0.461. The van der Waals surface area contributed by atoms with E-state index in [0.29, 0.717) is 37.1 Å². The molecule has 0 spiro atoms. The first kappa shape index (κ1) is 25.8. The number of esters is 1. The van der Waals surface area contributed by atoms with Gasteiger partial charge in [-0.3, -0.25) is 9.59 Å². The van der Waals surface area contributed by atoms with Gasteiger partial charge in [0.2, 0.25) is 0 Å². The number of amides is 1. The van der Waals surface area contributed by atoms with Gasteiger partial charge in [0.05, 0.1) is 19.8 Å². The van der Waals surface area contributed by atoms with Gasteiger partial charge in [-0.15, -0.1) is 0 Å². The second-order valence-electron chi connectivity index (χ2n) is 11.0. The summed E-state index contributed by atoms with van der Waals surface area (Å²) in [4.78, 5) is 27.4. The lowest BCUT2D eigenvalue weighted by Gasteiger charge is -2.34. The van der Waals surface area contributed by atoms with Crippen LogP contribution in [-0.4, -0.2) is 60.9 Å². The van der Waals surface area contributed by atoms with E-state index in [9.17, 15) is 14.7 Å². The van der Waals surface area contributed by atoms with Gasteiger partial charge in [0.1, 0.15) is 0 Å². The first-order chi connectivity index (χ1) is 16.7. The molecule has 4 rings (SSSR count). The van der Waals surface area contributed by atoms with E-state index in [4.69, 9.17) is 14.2 Å². The standard InChI is InChI=1S/C28H41NO6/c1-18(30)28(3)17-29(27(32)26(35-19(2)31)21-8-6-5-7-9-21)15-23(28)22-12-13-24(33-4)25(14-22)34-16-20-10-11-20/h12-14,18,20-21,23,26,30H,5-11,15-17H2,1-4H3. The van der Waals surface area contributed by atoms with Crippen molar-refractivity contribution in [2.24, 2.45) is 17.3 Å². The van der Waals surface area contributed by atoms with E-state index in [1.807, 2.05) is 25.1 Å². The second kappa shape index (κ2) is 10.8. The molecule has 35 heavy (non-hydrogen) atoms. The molecule has 1 aromatic carbocycles. The van der Waals surface area contributed by atoms with Crippen molar-refractivity contribution in [2.75, 3.05) is 26.8 Å². The Bertz CT molecular complexity index is 907. The van der Waals surface area contributed by atoms with Crippen molar-refractivity contribution in [3.05, 3.63) is 23.8 Å². The van der Waals surface area contributed by atoms with Crippen LogP contribution in [0.5, 0.6) is 11.5 Å². The lowest BCUT2D eigenvalue weighted by molar-refractivity contribution is -0.163. The molecule has 1 aliphatic heterocycles. The number of hydrogen-bond acceptors (Lipinski definition) is 6. The third-order valence-electron chi connectivity index (χ3n) is 8.37. The van der Waals surface area contributed by atoms with Gasteiger partial charge in [0, 0.05) is 37.3 Å². The molecule has 1 N–H and O–H groups in total. The van der Waals surface area contributed by atoms with E-state index in [2.05, 4.69) is 0 Å². The average molecular weight is 488 g/mol. The van der Waals surface area contributed by atoms with E-state index < -0.39 is 23.6 Å². The van der Waals surface area contributed by atoms with Crippen molar-refractivity contribution in [3.8, 4) is 11.5 Å².